The van der Waals surface area contributed by atoms with Crippen LogP contribution in [0.25, 0.3) is 0 Å². The van der Waals surface area contributed by atoms with E-state index in [0.717, 1.165) is 57.2 Å². The average molecular weight is 484 g/mol. The molecule has 172 valence electrons. The molecule has 8 nitrogen and oxygen atoms in total. The SMILES string of the molecule is C[C@@H]1CCc2c(sc(NC(=S)NC(=O)c3ccc(N4CCCCC4)c([N+](=O)[O-])c3)c2C#N)C1. The Labute approximate surface area is 201 Å². The van der Waals surface area contributed by atoms with E-state index < -0.39 is 10.8 Å². The lowest BCUT2D eigenvalue weighted by atomic mass is 9.89. The van der Waals surface area contributed by atoms with Crippen LogP contribution in [0.3, 0.4) is 0 Å². The molecule has 1 aliphatic carbocycles. The predicted octanol–water partition coefficient (Wildman–Crippen LogP) is 4.77. The monoisotopic (exact) mass is 483 g/mol. The van der Waals surface area contributed by atoms with Crippen LogP contribution >= 0.6 is 23.6 Å². The number of nitro groups is 1. The first kappa shape index (κ1) is 23.1. The number of rotatable bonds is 4. The Morgan fingerprint density at radius 1 is 1.33 bits per heavy atom. The number of hydrogen-bond donors (Lipinski definition) is 2. The van der Waals surface area contributed by atoms with E-state index in [4.69, 9.17) is 12.2 Å². The minimum absolute atomic E-state index is 0.0610. The molecule has 10 heteroatoms. The van der Waals surface area contributed by atoms with Crippen LogP contribution in [0.15, 0.2) is 18.2 Å². The van der Waals surface area contributed by atoms with Crippen LogP contribution in [0, 0.1) is 27.4 Å². The lowest BCUT2D eigenvalue weighted by Gasteiger charge is -2.28. The summed E-state index contributed by atoms with van der Waals surface area (Å²) in [6.45, 7) is 3.73. The number of amides is 1. The highest BCUT2D eigenvalue weighted by atomic mass is 32.1. The number of thiocarbonyl (C=S) groups is 1. The Balaban J connectivity index is 1.48. The maximum atomic E-state index is 12.8. The molecule has 1 saturated heterocycles. The molecule has 1 fully saturated rings. The number of hydrogen-bond acceptors (Lipinski definition) is 7. The Hall–Kier alpha value is -3.03. The second kappa shape index (κ2) is 9.85. The summed E-state index contributed by atoms with van der Waals surface area (Å²) < 4.78 is 0. The number of nitro benzene ring substituents is 1. The molecular weight excluding hydrogens is 458 g/mol. The van der Waals surface area contributed by atoms with E-state index in [9.17, 15) is 20.2 Å². The van der Waals surface area contributed by atoms with Crippen molar-refractivity contribution in [2.24, 2.45) is 5.92 Å². The predicted molar refractivity (Wildman–Crippen MR) is 133 cm³/mol. The zero-order chi connectivity index (χ0) is 23.5. The molecule has 0 unspecified atom stereocenters. The Morgan fingerprint density at radius 2 is 2.09 bits per heavy atom. The molecule has 1 aromatic heterocycles. The second-order valence-corrected chi connectivity index (χ2v) is 10.1. The van der Waals surface area contributed by atoms with E-state index in [-0.39, 0.29) is 16.4 Å². The molecule has 0 bridgehead atoms. The van der Waals surface area contributed by atoms with Gasteiger partial charge in [0.15, 0.2) is 5.11 Å². The summed E-state index contributed by atoms with van der Waals surface area (Å²) in [6.07, 6.45) is 5.95. The van der Waals surface area contributed by atoms with Crippen LogP contribution in [0.2, 0.25) is 0 Å². The zero-order valence-electron chi connectivity index (χ0n) is 18.3. The zero-order valence-corrected chi connectivity index (χ0v) is 20.0. The molecule has 1 aromatic carbocycles. The first-order chi connectivity index (χ1) is 15.9. The van der Waals surface area contributed by atoms with E-state index in [1.54, 1.807) is 12.1 Å². The standard InChI is InChI=1S/C23H25N5O3S2/c1-14-5-7-16-17(13-24)22(33-20(16)11-14)26-23(32)25-21(29)15-6-8-18(19(12-15)28(30)31)27-9-3-2-4-10-27/h6,8,12,14H,2-5,7,9-11H2,1H3,(H2,25,26,29,32)/t14-/m1/s1. The summed E-state index contributed by atoms with van der Waals surface area (Å²) in [4.78, 5) is 27.2. The molecule has 0 spiro atoms. The van der Waals surface area contributed by atoms with E-state index in [1.165, 1.54) is 22.3 Å². The van der Waals surface area contributed by atoms with Crippen molar-refractivity contribution in [3.8, 4) is 6.07 Å². The van der Waals surface area contributed by atoms with Crippen molar-refractivity contribution < 1.29 is 9.72 Å². The van der Waals surface area contributed by atoms with Crippen molar-refractivity contribution in [2.75, 3.05) is 23.3 Å². The number of nitrogens with one attached hydrogen (secondary N) is 2. The molecule has 2 aromatic rings. The topological polar surface area (TPSA) is 111 Å². The molecular formula is C23H25N5O3S2. The number of nitrogens with zero attached hydrogens (tertiary/aromatic N) is 3. The van der Waals surface area contributed by atoms with Gasteiger partial charge in [0, 0.05) is 29.6 Å². The van der Waals surface area contributed by atoms with Gasteiger partial charge in [-0.2, -0.15) is 5.26 Å². The van der Waals surface area contributed by atoms with Crippen molar-refractivity contribution in [1.29, 1.82) is 5.26 Å². The fourth-order valence-corrected chi connectivity index (χ4v) is 6.10. The normalized spacial score (nSPS) is 17.6. The number of nitriles is 1. The number of thiophene rings is 1. The number of carbonyl (C=O) groups is 1. The van der Waals surface area contributed by atoms with Crippen LogP contribution in [-0.4, -0.2) is 29.0 Å². The molecule has 1 atom stereocenters. The lowest BCUT2D eigenvalue weighted by Crippen LogP contribution is -2.34. The number of anilines is 2. The fraction of sp³-hybridized carbons (Fsp3) is 0.435. The van der Waals surface area contributed by atoms with E-state index in [2.05, 4.69) is 23.6 Å². The van der Waals surface area contributed by atoms with Crippen LogP contribution < -0.4 is 15.5 Å². The number of piperidine rings is 1. The smallest absolute Gasteiger partial charge is 0.293 e. The second-order valence-electron chi connectivity index (χ2n) is 8.58. The van der Waals surface area contributed by atoms with Crippen LogP contribution in [-0.2, 0) is 12.8 Å². The molecule has 2 heterocycles. The molecule has 4 rings (SSSR count). The van der Waals surface area contributed by atoms with Crippen molar-refractivity contribution >= 4 is 51.0 Å². The average Bonchev–Trinajstić information content (AvgIpc) is 3.14. The van der Waals surface area contributed by atoms with E-state index in [1.807, 2.05) is 4.90 Å². The summed E-state index contributed by atoms with van der Waals surface area (Å²) in [7, 11) is 0. The number of fused-ring (bicyclic) bond motifs is 1. The van der Waals surface area contributed by atoms with Gasteiger partial charge in [0.05, 0.1) is 10.5 Å². The van der Waals surface area contributed by atoms with Gasteiger partial charge < -0.3 is 10.2 Å². The summed E-state index contributed by atoms with van der Waals surface area (Å²) in [5.74, 6) is 0.0418. The molecule has 33 heavy (non-hydrogen) atoms. The van der Waals surface area contributed by atoms with Crippen molar-refractivity contribution in [1.82, 2.24) is 5.32 Å². The minimum atomic E-state index is -0.533. The minimum Gasteiger partial charge on any atom is -0.366 e. The van der Waals surface area contributed by atoms with Crippen LogP contribution in [0.4, 0.5) is 16.4 Å². The van der Waals surface area contributed by atoms with Gasteiger partial charge in [-0.1, -0.05) is 6.92 Å². The van der Waals surface area contributed by atoms with E-state index >= 15 is 0 Å². The highest BCUT2D eigenvalue weighted by Gasteiger charge is 2.26. The quantitative estimate of drug-likeness (QED) is 0.366. The molecule has 2 N–H and O–H groups in total. The Kier molecular flexibility index (Phi) is 6.91. The third-order valence-electron chi connectivity index (χ3n) is 6.21. The first-order valence-electron chi connectivity index (χ1n) is 11.1. The fourth-order valence-electron chi connectivity index (χ4n) is 4.48. The van der Waals surface area contributed by atoms with Gasteiger partial charge in [-0.25, -0.2) is 0 Å². The Bertz CT molecular complexity index is 1150. The highest BCUT2D eigenvalue weighted by molar-refractivity contribution is 7.80. The van der Waals surface area contributed by atoms with Gasteiger partial charge >= 0.3 is 0 Å². The first-order valence-corrected chi connectivity index (χ1v) is 12.3. The third-order valence-corrected chi connectivity index (χ3v) is 7.58. The maximum absolute atomic E-state index is 12.8. The van der Waals surface area contributed by atoms with Gasteiger partial charge in [0.25, 0.3) is 11.6 Å². The van der Waals surface area contributed by atoms with E-state index in [0.29, 0.717) is 22.2 Å². The van der Waals surface area contributed by atoms with Crippen molar-refractivity contribution in [3.05, 3.63) is 49.9 Å². The lowest BCUT2D eigenvalue weighted by molar-refractivity contribution is -0.384. The molecule has 0 radical (unpaired) electrons. The van der Waals surface area contributed by atoms with Gasteiger partial charge in [0.1, 0.15) is 16.8 Å². The molecule has 1 amide bonds. The van der Waals surface area contributed by atoms with Gasteiger partial charge in [-0.3, -0.25) is 20.2 Å². The number of carbonyl (C=O) groups excluding carboxylic acids is 1. The van der Waals surface area contributed by atoms with Gasteiger partial charge in [0.2, 0.25) is 0 Å². The molecule has 1 aliphatic heterocycles. The van der Waals surface area contributed by atoms with Crippen LogP contribution in [0.1, 0.15) is 59.0 Å². The Morgan fingerprint density at radius 3 is 2.79 bits per heavy atom. The summed E-state index contributed by atoms with van der Waals surface area (Å²) in [6, 6.07) is 6.78. The third kappa shape index (κ3) is 4.99. The summed E-state index contributed by atoms with van der Waals surface area (Å²) >= 11 is 6.81. The number of benzene rings is 1. The van der Waals surface area contributed by atoms with Gasteiger partial charge in [-0.05, 0) is 74.4 Å². The van der Waals surface area contributed by atoms with Crippen molar-refractivity contribution in [2.45, 2.75) is 45.4 Å². The van der Waals surface area contributed by atoms with Gasteiger partial charge in [-0.15, -0.1) is 11.3 Å². The molecule has 2 aliphatic rings. The molecule has 0 saturated carbocycles. The maximum Gasteiger partial charge on any atom is 0.293 e. The highest BCUT2D eigenvalue weighted by Crippen LogP contribution is 2.39. The summed E-state index contributed by atoms with van der Waals surface area (Å²) in [5.41, 5.74) is 2.26. The largest absolute Gasteiger partial charge is 0.366 e. The van der Waals surface area contributed by atoms with Crippen molar-refractivity contribution in [3.63, 3.8) is 0 Å². The summed E-state index contributed by atoms with van der Waals surface area (Å²) in [5, 5.41) is 27.6. The van der Waals surface area contributed by atoms with Crippen LogP contribution in [0.5, 0.6) is 0 Å².